The number of allylic oxidation sites excluding steroid dienone is 2. The van der Waals surface area contributed by atoms with Crippen LogP contribution in [0.2, 0.25) is 0 Å². The van der Waals surface area contributed by atoms with Gasteiger partial charge in [0.1, 0.15) is 17.5 Å². The van der Waals surface area contributed by atoms with Gasteiger partial charge in [-0.25, -0.2) is 4.99 Å². The summed E-state index contributed by atoms with van der Waals surface area (Å²) in [6.07, 6.45) is 5.56. The van der Waals surface area contributed by atoms with Gasteiger partial charge in [0, 0.05) is 17.3 Å². The molecule has 196 valence electrons. The maximum Gasteiger partial charge on any atom is 0.271 e. The molecule has 5 rings (SSSR count). The van der Waals surface area contributed by atoms with Gasteiger partial charge in [0.05, 0.1) is 30.0 Å². The van der Waals surface area contributed by atoms with Crippen molar-refractivity contribution in [2.45, 2.75) is 13.0 Å². The van der Waals surface area contributed by atoms with E-state index in [0.29, 0.717) is 43.4 Å². The van der Waals surface area contributed by atoms with Crippen molar-refractivity contribution in [1.82, 2.24) is 4.57 Å². The normalized spacial score (nSPS) is 15.2. The summed E-state index contributed by atoms with van der Waals surface area (Å²) >= 11 is 1.28. The van der Waals surface area contributed by atoms with Crippen molar-refractivity contribution >= 4 is 35.1 Å². The summed E-state index contributed by atoms with van der Waals surface area (Å²) in [6, 6.07) is 23.6. The fraction of sp³-hybridized carbons (Fsp3) is 0.129. The number of benzene rings is 3. The van der Waals surface area contributed by atoms with E-state index in [2.05, 4.69) is 5.32 Å². The van der Waals surface area contributed by atoms with Crippen molar-refractivity contribution in [3.05, 3.63) is 127 Å². The molecule has 1 aromatic heterocycles. The Hall–Kier alpha value is -4.69. The average Bonchev–Trinajstić information content (AvgIpc) is 3.27. The zero-order chi connectivity index (χ0) is 27.4. The number of ether oxygens (including phenoxy) is 2. The number of fused-ring (bicyclic) bond motifs is 1. The largest absolute Gasteiger partial charge is 0.497 e. The number of para-hydroxylation sites is 1. The van der Waals surface area contributed by atoms with Crippen LogP contribution in [0.25, 0.3) is 12.2 Å². The van der Waals surface area contributed by atoms with E-state index in [9.17, 15) is 9.59 Å². The zero-order valence-corrected chi connectivity index (χ0v) is 22.6. The Bertz CT molecular complexity index is 1750. The van der Waals surface area contributed by atoms with E-state index in [1.54, 1.807) is 43.9 Å². The van der Waals surface area contributed by atoms with Gasteiger partial charge in [0.15, 0.2) is 4.80 Å². The Labute approximate surface area is 229 Å². The van der Waals surface area contributed by atoms with Crippen molar-refractivity contribution in [1.29, 1.82) is 0 Å². The number of anilines is 1. The summed E-state index contributed by atoms with van der Waals surface area (Å²) in [5.74, 6) is 0.756. The smallest absolute Gasteiger partial charge is 0.271 e. The number of aromatic nitrogens is 1. The Morgan fingerprint density at radius 2 is 1.72 bits per heavy atom. The SMILES string of the molecule is COc1ccc([C@H]2C(C(=O)Nc3ccccc3)=C(C)N=c3s/c(=C\C=C\c4ccccc4)c(=O)n32)c(OC)c1. The molecule has 0 unspecified atom stereocenters. The van der Waals surface area contributed by atoms with Crippen LogP contribution in [0, 0.1) is 0 Å². The quantitative estimate of drug-likeness (QED) is 0.375. The molecule has 0 radical (unpaired) electrons. The summed E-state index contributed by atoms with van der Waals surface area (Å²) in [5.41, 5.74) is 2.97. The van der Waals surface area contributed by atoms with Crippen LogP contribution in [0.1, 0.15) is 24.1 Å². The molecule has 1 N–H and O–H groups in total. The molecule has 39 heavy (non-hydrogen) atoms. The monoisotopic (exact) mass is 537 g/mol. The van der Waals surface area contributed by atoms with Crippen molar-refractivity contribution in [2.24, 2.45) is 4.99 Å². The van der Waals surface area contributed by atoms with Crippen LogP contribution in [0.15, 0.2) is 106 Å². The predicted octanol–water partition coefficient (Wildman–Crippen LogP) is 4.56. The number of carbonyl (C=O) groups excluding carboxylic acids is 1. The van der Waals surface area contributed by atoms with Crippen LogP contribution in [0.3, 0.4) is 0 Å². The van der Waals surface area contributed by atoms with E-state index in [1.807, 2.05) is 78.9 Å². The number of rotatable bonds is 7. The number of nitrogens with zero attached hydrogens (tertiary/aromatic N) is 2. The molecule has 1 atom stereocenters. The van der Waals surface area contributed by atoms with Crippen molar-refractivity contribution in [2.75, 3.05) is 19.5 Å². The van der Waals surface area contributed by atoms with Gasteiger partial charge in [-0.15, -0.1) is 0 Å². The highest BCUT2D eigenvalue weighted by molar-refractivity contribution is 7.07. The molecule has 4 aromatic rings. The molecule has 2 heterocycles. The number of hydrogen-bond donors (Lipinski definition) is 1. The fourth-order valence-corrected chi connectivity index (χ4v) is 5.49. The highest BCUT2D eigenvalue weighted by atomic mass is 32.1. The minimum atomic E-state index is -0.758. The first-order chi connectivity index (χ1) is 19.0. The van der Waals surface area contributed by atoms with Crippen LogP contribution < -0.4 is 29.7 Å². The molecular formula is C31H27N3O4S. The topological polar surface area (TPSA) is 81.9 Å². The summed E-state index contributed by atoms with van der Waals surface area (Å²) in [7, 11) is 3.12. The van der Waals surface area contributed by atoms with E-state index in [0.717, 1.165) is 5.56 Å². The van der Waals surface area contributed by atoms with Crippen molar-refractivity contribution in [3.8, 4) is 11.5 Å². The summed E-state index contributed by atoms with van der Waals surface area (Å²) in [4.78, 5) is 32.7. The number of amides is 1. The molecule has 0 saturated carbocycles. The third-order valence-electron chi connectivity index (χ3n) is 6.37. The number of carbonyl (C=O) groups is 1. The molecule has 8 heteroatoms. The maximum absolute atomic E-state index is 13.8. The van der Waals surface area contributed by atoms with Crippen molar-refractivity contribution in [3.63, 3.8) is 0 Å². The van der Waals surface area contributed by atoms with Gasteiger partial charge in [0.25, 0.3) is 11.5 Å². The second-order valence-electron chi connectivity index (χ2n) is 8.80. The molecule has 0 spiro atoms. The van der Waals surface area contributed by atoms with E-state index in [1.165, 1.54) is 11.3 Å². The van der Waals surface area contributed by atoms with Gasteiger partial charge < -0.3 is 14.8 Å². The molecule has 0 saturated heterocycles. The van der Waals surface area contributed by atoms with E-state index in [-0.39, 0.29) is 11.5 Å². The van der Waals surface area contributed by atoms with Gasteiger partial charge in [-0.05, 0) is 42.8 Å². The fourth-order valence-electron chi connectivity index (χ4n) is 4.50. The average molecular weight is 538 g/mol. The number of thiazole rings is 1. The third kappa shape index (κ3) is 5.32. The molecule has 7 nitrogen and oxygen atoms in total. The Morgan fingerprint density at radius 1 is 1.00 bits per heavy atom. The molecule has 1 aliphatic heterocycles. The lowest BCUT2D eigenvalue weighted by atomic mass is 9.94. The van der Waals surface area contributed by atoms with Crippen LogP contribution in [-0.2, 0) is 4.79 Å². The van der Waals surface area contributed by atoms with Crippen molar-refractivity contribution < 1.29 is 14.3 Å². The van der Waals surface area contributed by atoms with E-state index in [4.69, 9.17) is 14.5 Å². The first-order valence-electron chi connectivity index (χ1n) is 12.3. The first-order valence-corrected chi connectivity index (χ1v) is 13.1. The molecule has 1 aliphatic rings. The Balaban J connectivity index is 1.66. The second kappa shape index (κ2) is 11.4. The second-order valence-corrected chi connectivity index (χ2v) is 9.81. The lowest BCUT2D eigenvalue weighted by Crippen LogP contribution is -2.40. The molecule has 3 aromatic carbocycles. The van der Waals surface area contributed by atoms with Gasteiger partial charge in [-0.3, -0.25) is 14.2 Å². The van der Waals surface area contributed by atoms with Crippen LogP contribution >= 0.6 is 11.3 Å². The van der Waals surface area contributed by atoms with E-state index >= 15 is 0 Å². The van der Waals surface area contributed by atoms with Gasteiger partial charge in [0.2, 0.25) is 0 Å². The lowest BCUT2D eigenvalue weighted by molar-refractivity contribution is -0.113. The Morgan fingerprint density at radius 3 is 2.41 bits per heavy atom. The molecular weight excluding hydrogens is 510 g/mol. The molecule has 0 aliphatic carbocycles. The van der Waals surface area contributed by atoms with Crippen LogP contribution in [0.5, 0.6) is 11.5 Å². The highest BCUT2D eigenvalue weighted by Crippen LogP contribution is 2.37. The van der Waals surface area contributed by atoms with Gasteiger partial charge in [-0.1, -0.05) is 72.0 Å². The predicted molar refractivity (Wildman–Crippen MR) is 155 cm³/mol. The van der Waals surface area contributed by atoms with Crippen LogP contribution in [0.4, 0.5) is 5.69 Å². The molecule has 0 bridgehead atoms. The highest BCUT2D eigenvalue weighted by Gasteiger charge is 2.34. The standard InChI is InChI=1S/C31H27N3O4S/c1-20-27(29(35)33-22-14-8-5-9-15-22)28(24-18-17-23(37-2)19-25(24)38-3)34-30(36)26(39-31(34)32-20)16-10-13-21-11-6-4-7-12-21/h4-19,28H,1-3H3,(H,33,35)/b13-10+,26-16-/t28-/m0/s1. The lowest BCUT2D eigenvalue weighted by Gasteiger charge is -2.26. The van der Waals surface area contributed by atoms with Gasteiger partial charge in [-0.2, -0.15) is 0 Å². The maximum atomic E-state index is 13.8. The summed E-state index contributed by atoms with van der Waals surface area (Å²) in [5, 5.41) is 2.96. The first kappa shape index (κ1) is 25.9. The molecule has 1 amide bonds. The number of methoxy groups -OCH3 is 2. The Kier molecular flexibility index (Phi) is 7.56. The minimum Gasteiger partial charge on any atom is -0.497 e. The zero-order valence-electron chi connectivity index (χ0n) is 21.8. The third-order valence-corrected chi connectivity index (χ3v) is 7.37. The van der Waals surface area contributed by atoms with Crippen LogP contribution in [-0.4, -0.2) is 24.7 Å². The number of hydrogen-bond acceptors (Lipinski definition) is 6. The van der Waals surface area contributed by atoms with E-state index < -0.39 is 6.04 Å². The minimum absolute atomic E-state index is 0.239. The van der Waals surface area contributed by atoms with Gasteiger partial charge >= 0.3 is 0 Å². The molecule has 0 fully saturated rings. The summed E-state index contributed by atoms with van der Waals surface area (Å²) in [6.45, 7) is 1.79. The number of nitrogens with one attached hydrogen (secondary N) is 1. The summed E-state index contributed by atoms with van der Waals surface area (Å²) < 4.78 is 13.2.